The summed E-state index contributed by atoms with van der Waals surface area (Å²) < 4.78 is 33.4. The Balaban J connectivity index is 1.14. The van der Waals surface area contributed by atoms with Gasteiger partial charge >= 0.3 is 18.2 Å². The van der Waals surface area contributed by atoms with Crippen molar-refractivity contribution >= 4 is 35.9 Å². The lowest BCUT2D eigenvalue weighted by molar-refractivity contribution is -0.159. The number of alkyl carbamates (subject to hydrolysis) is 2. The molecule has 0 saturated heterocycles. The Morgan fingerprint density at radius 2 is 1.07 bits per heavy atom. The van der Waals surface area contributed by atoms with Crippen molar-refractivity contribution in [2.24, 2.45) is 5.92 Å². The summed E-state index contributed by atoms with van der Waals surface area (Å²) >= 11 is 0. The van der Waals surface area contributed by atoms with Crippen LogP contribution < -0.4 is 26.6 Å². The first-order valence-electron chi connectivity index (χ1n) is 27.2. The predicted molar refractivity (Wildman–Crippen MR) is 293 cm³/mol. The van der Waals surface area contributed by atoms with E-state index < -0.39 is 53.3 Å². The van der Waals surface area contributed by atoms with Crippen LogP contribution in [0.4, 0.5) is 9.59 Å². The van der Waals surface area contributed by atoms with Gasteiger partial charge in [0.2, 0.25) is 17.7 Å². The number of hydrogen-bond donors (Lipinski definition) is 5. The average molecular weight is 1060 g/mol. The van der Waals surface area contributed by atoms with Gasteiger partial charge in [-0.05, 0) is 139 Å². The first-order chi connectivity index (χ1) is 36.3. The van der Waals surface area contributed by atoms with Crippen molar-refractivity contribution in [2.75, 3.05) is 65.9 Å². The maximum atomic E-state index is 13.9. The van der Waals surface area contributed by atoms with Crippen molar-refractivity contribution in [2.45, 2.75) is 155 Å². The van der Waals surface area contributed by atoms with E-state index >= 15 is 0 Å². The van der Waals surface area contributed by atoms with Crippen LogP contribution in [0.1, 0.15) is 141 Å². The minimum atomic E-state index is -0.998. The van der Waals surface area contributed by atoms with Crippen LogP contribution in [-0.2, 0) is 60.4 Å². The Morgan fingerprint density at radius 1 is 0.526 bits per heavy atom. The molecule has 1 aliphatic rings. The molecule has 0 spiro atoms. The lowest BCUT2D eigenvalue weighted by Crippen LogP contribution is -2.52. The number of carbonyl (C=O) groups is 6. The molecule has 0 bridgehead atoms. The number of hydrogen-bond acceptors (Lipinski definition) is 12. The van der Waals surface area contributed by atoms with Gasteiger partial charge in [0.15, 0.2) is 0 Å². The third-order valence-corrected chi connectivity index (χ3v) is 12.1. The monoisotopic (exact) mass is 1060 g/mol. The third kappa shape index (κ3) is 25.2. The summed E-state index contributed by atoms with van der Waals surface area (Å²) in [5.41, 5.74) is 5.68. The molecule has 0 radical (unpaired) electrons. The summed E-state index contributed by atoms with van der Waals surface area (Å²) in [7, 11) is 0. The van der Waals surface area contributed by atoms with Crippen molar-refractivity contribution in [1.82, 2.24) is 26.6 Å². The van der Waals surface area contributed by atoms with Gasteiger partial charge in [-0.3, -0.25) is 14.4 Å². The van der Waals surface area contributed by atoms with E-state index in [1.165, 1.54) is 22.3 Å². The zero-order valence-corrected chi connectivity index (χ0v) is 46.5. The van der Waals surface area contributed by atoms with Crippen LogP contribution in [0.15, 0.2) is 72.8 Å². The molecule has 17 heteroatoms. The zero-order chi connectivity index (χ0) is 55.4. The summed E-state index contributed by atoms with van der Waals surface area (Å²) in [5, 5.41) is 14.1. The molecule has 0 fully saturated rings. The minimum Gasteiger partial charge on any atom is -0.458 e. The number of aryl methyl sites for hydroxylation is 1. The van der Waals surface area contributed by atoms with Crippen LogP contribution in [0.25, 0.3) is 11.1 Å². The number of rotatable bonds is 34. The molecule has 2 atom stereocenters. The van der Waals surface area contributed by atoms with Crippen molar-refractivity contribution in [1.29, 1.82) is 0 Å². The number of nitrogens with one attached hydrogen (secondary N) is 5. The number of fused-ring (bicyclic) bond motifs is 3. The number of unbranched alkanes of at least 4 members (excludes halogenated alkanes) is 2. The molecule has 76 heavy (non-hydrogen) atoms. The molecule has 0 aliphatic heterocycles. The van der Waals surface area contributed by atoms with Gasteiger partial charge in [-0.25, -0.2) is 14.4 Å². The quantitative estimate of drug-likeness (QED) is 0.0216. The van der Waals surface area contributed by atoms with Crippen LogP contribution in [0.3, 0.4) is 0 Å². The normalized spacial score (nSPS) is 13.0. The first kappa shape index (κ1) is 62.5. The lowest BCUT2D eigenvalue weighted by atomic mass is 9.98. The molecule has 17 nitrogen and oxygen atoms in total. The number of carbonyl (C=O) groups excluding carboxylic acids is 6. The van der Waals surface area contributed by atoms with Gasteiger partial charge in [-0.2, -0.15) is 0 Å². The van der Waals surface area contributed by atoms with Gasteiger partial charge in [0.25, 0.3) is 0 Å². The Morgan fingerprint density at radius 3 is 1.67 bits per heavy atom. The highest BCUT2D eigenvalue weighted by Gasteiger charge is 2.31. The van der Waals surface area contributed by atoms with E-state index in [2.05, 4.69) is 89.0 Å². The highest BCUT2D eigenvalue weighted by atomic mass is 16.6. The van der Waals surface area contributed by atoms with Crippen LogP contribution in [0.5, 0.6) is 0 Å². The van der Waals surface area contributed by atoms with E-state index in [0.717, 1.165) is 30.4 Å². The molecule has 1 aliphatic carbocycles. The van der Waals surface area contributed by atoms with Crippen molar-refractivity contribution in [3.8, 4) is 11.1 Å². The molecule has 2 unspecified atom stereocenters. The van der Waals surface area contributed by atoms with E-state index in [1.807, 2.05) is 24.3 Å². The van der Waals surface area contributed by atoms with Crippen molar-refractivity contribution in [3.05, 3.63) is 95.1 Å². The molecule has 0 aromatic heterocycles. The van der Waals surface area contributed by atoms with Gasteiger partial charge in [0, 0.05) is 38.4 Å². The first-order valence-corrected chi connectivity index (χ1v) is 27.2. The molecular formula is C59H87N5O12. The fourth-order valence-corrected chi connectivity index (χ4v) is 8.55. The molecule has 3 aromatic rings. The number of amides is 5. The molecule has 0 heterocycles. The molecule has 0 saturated carbocycles. The molecule has 5 amide bonds. The van der Waals surface area contributed by atoms with Crippen LogP contribution in [-0.4, -0.2) is 125 Å². The highest BCUT2D eigenvalue weighted by Crippen LogP contribution is 2.44. The molecule has 5 N–H and O–H groups in total. The van der Waals surface area contributed by atoms with Crippen molar-refractivity contribution in [3.63, 3.8) is 0 Å². The predicted octanol–water partition coefficient (Wildman–Crippen LogP) is 8.48. The van der Waals surface area contributed by atoms with Gasteiger partial charge in [0.1, 0.15) is 29.9 Å². The summed E-state index contributed by atoms with van der Waals surface area (Å²) in [6, 6.07) is 22.9. The standard InChI is InChI=1S/C59H87N5O12/c1-42(2)40-44-28-26-43(27-29-44)18-17-25-52(65)60-31-15-14-24-51(55(68)75-58(3,4)5)64-54(67)50(23-13-16-32-61-57(70)76-59(6,7)8)63-53(66)30-34-71-36-38-73-39-37-72-35-33-62-56(69)74-41-49-47-21-11-9-19-45(47)46-20-10-12-22-48(46)49/h9-12,19-22,26-29,42,49-51H,13-18,23-25,30-41H2,1-8H3,(H,60,65)(H,61,70)(H,62,69)(H,63,66)(H,64,67). The second-order valence-corrected chi connectivity index (χ2v) is 21.6. The Hall–Kier alpha value is -6.04. The van der Waals surface area contributed by atoms with Crippen LogP contribution in [0, 0.1) is 5.92 Å². The van der Waals surface area contributed by atoms with E-state index in [0.29, 0.717) is 64.3 Å². The summed E-state index contributed by atoms with van der Waals surface area (Å²) in [4.78, 5) is 77.8. The summed E-state index contributed by atoms with van der Waals surface area (Å²) in [6.07, 6.45) is 4.43. The molecule has 4 rings (SSSR count). The topological polar surface area (TPSA) is 218 Å². The maximum absolute atomic E-state index is 13.9. The SMILES string of the molecule is CC(C)Cc1ccc(CCCC(=O)NCCCCC(NC(=O)C(CCCCNC(=O)OC(C)(C)C)NC(=O)CCOCCOCCOCCNC(=O)OCC2c3ccccc3-c3ccccc32)C(=O)OC(C)(C)C)cc1. The molecular weight excluding hydrogens is 971 g/mol. The fourth-order valence-electron chi connectivity index (χ4n) is 8.55. The molecule has 420 valence electrons. The third-order valence-electron chi connectivity index (χ3n) is 12.1. The maximum Gasteiger partial charge on any atom is 0.407 e. The second-order valence-electron chi connectivity index (χ2n) is 21.6. The minimum absolute atomic E-state index is 0.0184. The summed E-state index contributed by atoms with van der Waals surface area (Å²) in [5.74, 6) is -1.02. The van der Waals surface area contributed by atoms with E-state index in [-0.39, 0.29) is 70.7 Å². The van der Waals surface area contributed by atoms with Crippen molar-refractivity contribution < 1.29 is 57.2 Å². The smallest absolute Gasteiger partial charge is 0.407 e. The highest BCUT2D eigenvalue weighted by molar-refractivity contribution is 5.91. The van der Waals surface area contributed by atoms with Crippen LogP contribution >= 0.6 is 0 Å². The van der Waals surface area contributed by atoms with Gasteiger partial charge in [-0.15, -0.1) is 0 Å². The lowest BCUT2D eigenvalue weighted by Gasteiger charge is -2.26. The zero-order valence-electron chi connectivity index (χ0n) is 46.5. The fraction of sp³-hybridized carbons (Fsp3) is 0.593. The van der Waals surface area contributed by atoms with E-state index in [1.54, 1.807) is 41.5 Å². The average Bonchev–Trinajstić information content (AvgIpc) is 3.67. The Labute approximate surface area is 451 Å². The van der Waals surface area contributed by atoms with Gasteiger partial charge in [0.05, 0.1) is 39.6 Å². The Kier molecular flexibility index (Phi) is 27.3. The Bertz CT molecular complexity index is 2210. The van der Waals surface area contributed by atoms with Gasteiger partial charge in [-0.1, -0.05) is 86.6 Å². The van der Waals surface area contributed by atoms with E-state index in [4.69, 9.17) is 28.4 Å². The number of ether oxygens (including phenoxy) is 6. The second kappa shape index (κ2) is 33.2. The number of benzene rings is 3. The molecule has 3 aromatic carbocycles. The van der Waals surface area contributed by atoms with Crippen LogP contribution in [0.2, 0.25) is 0 Å². The number of esters is 1. The van der Waals surface area contributed by atoms with E-state index in [9.17, 15) is 28.8 Å². The summed E-state index contributed by atoms with van der Waals surface area (Å²) in [6.45, 7) is 17.6. The van der Waals surface area contributed by atoms with Gasteiger partial charge < -0.3 is 55.0 Å². The largest absolute Gasteiger partial charge is 0.458 e.